The molecular formula is C17H23N3O3. The zero-order chi connectivity index (χ0) is 16.6. The lowest BCUT2D eigenvalue weighted by molar-refractivity contribution is -0.384. The highest BCUT2D eigenvalue weighted by Crippen LogP contribution is 2.46. The summed E-state index contributed by atoms with van der Waals surface area (Å²) in [5, 5.41) is 17.6. The predicted octanol–water partition coefficient (Wildman–Crippen LogP) is 3.33. The van der Waals surface area contributed by atoms with E-state index >= 15 is 0 Å². The van der Waals surface area contributed by atoms with E-state index in [9.17, 15) is 14.9 Å². The van der Waals surface area contributed by atoms with Crippen LogP contribution in [-0.4, -0.2) is 22.9 Å². The first-order valence-electron chi connectivity index (χ1n) is 8.31. The maximum Gasteiger partial charge on any atom is 0.293 e. The first kappa shape index (κ1) is 15.8. The minimum Gasteiger partial charge on any atom is -0.376 e. The minimum absolute atomic E-state index is 0.00605. The Balaban J connectivity index is 1.82. The van der Waals surface area contributed by atoms with Crippen molar-refractivity contribution in [2.45, 2.75) is 51.6 Å². The molecule has 3 rings (SSSR count). The maximum absolute atomic E-state index is 12.0. The Morgan fingerprint density at radius 3 is 2.30 bits per heavy atom. The van der Waals surface area contributed by atoms with Gasteiger partial charge in [-0.3, -0.25) is 14.9 Å². The Morgan fingerprint density at radius 1 is 1.22 bits per heavy atom. The topological polar surface area (TPSA) is 84.3 Å². The molecule has 1 amide bonds. The highest BCUT2D eigenvalue weighted by molar-refractivity contribution is 5.95. The molecular weight excluding hydrogens is 294 g/mol. The van der Waals surface area contributed by atoms with Gasteiger partial charge in [-0.2, -0.15) is 0 Å². The molecule has 0 aromatic heterocycles. The van der Waals surface area contributed by atoms with Gasteiger partial charge in [0.25, 0.3) is 11.6 Å². The smallest absolute Gasteiger partial charge is 0.293 e. The van der Waals surface area contributed by atoms with Crippen LogP contribution >= 0.6 is 0 Å². The van der Waals surface area contributed by atoms with Gasteiger partial charge in [0.15, 0.2) is 0 Å². The molecule has 0 heterocycles. The fraction of sp³-hybridized carbons (Fsp3) is 0.588. The first-order valence-corrected chi connectivity index (χ1v) is 8.31. The molecule has 1 aromatic carbocycles. The van der Waals surface area contributed by atoms with Gasteiger partial charge < -0.3 is 10.6 Å². The van der Waals surface area contributed by atoms with Crippen LogP contribution in [0.25, 0.3) is 0 Å². The van der Waals surface area contributed by atoms with Gasteiger partial charge in [-0.1, -0.05) is 0 Å². The number of amides is 1. The number of anilines is 1. The van der Waals surface area contributed by atoms with Gasteiger partial charge in [-0.05, 0) is 63.5 Å². The second-order valence-corrected chi connectivity index (χ2v) is 6.96. The molecule has 2 saturated carbocycles. The summed E-state index contributed by atoms with van der Waals surface area (Å²) >= 11 is 0. The number of carbonyl (C=O) groups excluding carboxylic acids is 1. The van der Waals surface area contributed by atoms with Gasteiger partial charge >= 0.3 is 0 Å². The summed E-state index contributed by atoms with van der Waals surface area (Å²) in [7, 11) is 0. The largest absolute Gasteiger partial charge is 0.376 e. The Morgan fingerprint density at radius 2 is 1.83 bits per heavy atom. The highest BCUT2D eigenvalue weighted by atomic mass is 16.6. The lowest BCUT2D eigenvalue weighted by Crippen LogP contribution is -2.30. The molecule has 23 heavy (non-hydrogen) atoms. The van der Waals surface area contributed by atoms with E-state index < -0.39 is 4.92 Å². The molecule has 6 nitrogen and oxygen atoms in total. The number of nitrogens with zero attached hydrogens (tertiary/aromatic N) is 1. The third-order valence-electron chi connectivity index (χ3n) is 4.46. The van der Waals surface area contributed by atoms with Crippen LogP contribution in [0.4, 0.5) is 11.4 Å². The van der Waals surface area contributed by atoms with Crippen molar-refractivity contribution < 1.29 is 9.72 Å². The fourth-order valence-electron chi connectivity index (χ4n) is 3.00. The fourth-order valence-corrected chi connectivity index (χ4v) is 3.00. The van der Waals surface area contributed by atoms with Crippen LogP contribution in [0.2, 0.25) is 0 Å². The van der Waals surface area contributed by atoms with Gasteiger partial charge in [0.05, 0.1) is 4.92 Å². The van der Waals surface area contributed by atoms with E-state index in [2.05, 4.69) is 10.6 Å². The van der Waals surface area contributed by atoms with E-state index in [0.29, 0.717) is 29.1 Å². The highest BCUT2D eigenvalue weighted by Gasteiger charge is 2.42. The number of benzene rings is 1. The van der Waals surface area contributed by atoms with E-state index in [1.165, 1.54) is 31.7 Å². The zero-order valence-electron chi connectivity index (χ0n) is 13.5. The molecule has 2 aliphatic carbocycles. The standard InChI is InChI=1S/C17H23N3O3/c1-10(2)18-17(21)13-7-8-14(15(9-13)20(22)23)19-16(11-3-4-11)12-5-6-12/h7-12,16,19H,3-6H2,1-2H3,(H,18,21). The van der Waals surface area contributed by atoms with Crippen LogP contribution in [0, 0.1) is 22.0 Å². The Kier molecular flexibility index (Phi) is 4.24. The number of nitrogens with one attached hydrogen (secondary N) is 2. The molecule has 0 bridgehead atoms. The Hall–Kier alpha value is -2.11. The van der Waals surface area contributed by atoms with E-state index in [1.54, 1.807) is 12.1 Å². The number of nitro groups is 1. The van der Waals surface area contributed by atoms with Crippen molar-refractivity contribution >= 4 is 17.3 Å². The van der Waals surface area contributed by atoms with Gasteiger partial charge in [0, 0.05) is 23.7 Å². The summed E-state index contributed by atoms with van der Waals surface area (Å²) in [6.07, 6.45) is 4.82. The average molecular weight is 317 g/mol. The van der Waals surface area contributed by atoms with Crippen LogP contribution in [0.1, 0.15) is 49.9 Å². The van der Waals surface area contributed by atoms with E-state index in [-0.39, 0.29) is 17.6 Å². The molecule has 0 unspecified atom stereocenters. The molecule has 0 spiro atoms. The molecule has 0 radical (unpaired) electrons. The zero-order valence-corrected chi connectivity index (χ0v) is 13.5. The van der Waals surface area contributed by atoms with Crippen molar-refractivity contribution in [3.05, 3.63) is 33.9 Å². The van der Waals surface area contributed by atoms with E-state index in [0.717, 1.165) is 0 Å². The number of rotatable bonds is 7. The molecule has 1 aromatic rings. The summed E-state index contributed by atoms with van der Waals surface area (Å²) in [6.45, 7) is 3.72. The van der Waals surface area contributed by atoms with Gasteiger partial charge in [-0.25, -0.2) is 0 Å². The summed E-state index contributed by atoms with van der Waals surface area (Å²) in [6, 6.07) is 5.03. The Labute approximate surface area is 135 Å². The van der Waals surface area contributed by atoms with E-state index in [1.807, 2.05) is 13.8 Å². The van der Waals surface area contributed by atoms with Crippen LogP contribution in [0.5, 0.6) is 0 Å². The molecule has 0 saturated heterocycles. The van der Waals surface area contributed by atoms with Crippen LogP contribution in [0.3, 0.4) is 0 Å². The quantitative estimate of drug-likeness (QED) is 0.597. The maximum atomic E-state index is 12.0. The third kappa shape index (κ3) is 3.81. The molecule has 2 fully saturated rings. The van der Waals surface area contributed by atoms with Crippen molar-refractivity contribution in [3.63, 3.8) is 0 Å². The third-order valence-corrected chi connectivity index (χ3v) is 4.46. The van der Waals surface area contributed by atoms with Gasteiger partial charge in [0.1, 0.15) is 5.69 Å². The van der Waals surface area contributed by atoms with Crippen molar-refractivity contribution in [2.75, 3.05) is 5.32 Å². The van der Waals surface area contributed by atoms with Crippen LogP contribution in [0.15, 0.2) is 18.2 Å². The molecule has 0 atom stereocenters. The van der Waals surface area contributed by atoms with Gasteiger partial charge in [-0.15, -0.1) is 0 Å². The van der Waals surface area contributed by atoms with Crippen molar-refractivity contribution in [2.24, 2.45) is 11.8 Å². The van der Waals surface area contributed by atoms with Gasteiger partial charge in [0.2, 0.25) is 0 Å². The van der Waals surface area contributed by atoms with Crippen LogP contribution in [-0.2, 0) is 0 Å². The van der Waals surface area contributed by atoms with Crippen molar-refractivity contribution in [1.82, 2.24) is 5.32 Å². The summed E-state index contributed by atoms with van der Waals surface area (Å²) in [5.41, 5.74) is 0.831. The normalized spacial score (nSPS) is 17.4. The summed E-state index contributed by atoms with van der Waals surface area (Å²) < 4.78 is 0. The molecule has 0 aliphatic heterocycles. The van der Waals surface area contributed by atoms with E-state index in [4.69, 9.17) is 0 Å². The van der Waals surface area contributed by atoms with Crippen LogP contribution < -0.4 is 10.6 Å². The lowest BCUT2D eigenvalue weighted by atomic mass is 10.1. The minimum atomic E-state index is -0.411. The molecule has 2 aliphatic rings. The monoisotopic (exact) mass is 317 g/mol. The number of nitro benzene ring substituents is 1. The number of hydrogen-bond acceptors (Lipinski definition) is 4. The van der Waals surface area contributed by atoms with Crippen molar-refractivity contribution in [1.29, 1.82) is 0 Å². The summed E-state index contributed by atoms with van der Waals surface area (Å²) in [5.74, 6) is 1.01. The van der Waals surface area contributed by atoms with Crippen molar-refractivity contribution in [3.8, 4) is 0 Å². The molecule has 2 N–H and O–H groups in total. The SMILES string of the molecule is CC(C)NC(=O)c1ccc(NC(C2CC2)C2CC2)c([N+](=O)[O-])c1. The lowest BCUT2D eigenvalue weighted by Gasteiger charge is -2.19. The molecule has 124 valence electrons. The predicted molar refractivity (Wildman–Crippen MR) is 88.6 cm³/mol. The second-order valence-electron chi connectivity index (χ2n) is 6.96. The average Bonchev–Trinajstić information content (AvgIpc) is 3.37. The second kappa shape index (κ2) is 6.18. The Bertz CT molecular complexity index is 610. The first-order chi connectivity index (χ1) is 11.0. The summed E-state index contributed by atoms with van der Waals surface area (Å²) in [4.78, 5) is 23.0. The molecule has 6 heteroatoms. The number of carbonyl (C=O) groups is 1. The number of hydrogen-bond donors (Lipinski definition) is 2.